The molecule has 398 valence electrons. The van der Waals surface area contributed by atoms with E-state index in [1.807, 2.05) is 6.08 Å². The maximum atomic E-state index is 13.3. The molecule has 0 aromatic carbocycles. The van der Waals surface area contributed by atoms with Gasteiger partial charge in [0.05, 0.1) is 25.4 Å². The molecule has 1 amide bonds. The minimum atomic E-state index is -1.61. The van der Waals surface area contributed by atoms with Gasteiger partial charge in [0.1, 0.15) is 24.4 Å². The van der Waals surface area contributed by atoms with Crippen LogP contribution in [0.3, 0.4) is 0 Å². The van der Waals surface area contributed by atoms with E-state index in [4.69, 9.17) is 14.2 Å². The van der Waals surface area contributed by atoms with Crippen molar-refractivity contribution in [1.29, 1.82) is 0 Å². The topological polar surface area (TPSA) is 175 Å². The van der Waals surface area contributed by atoms with Crippen molar-refractivity contribution >= 4 is 11.9 Å². The van der Waals surface area contributed by atoms with Gasteiger partial charge < -0.3 is 45.1 Å². The van der Waals surface area contributed by atoms with Gasteiger partial charge in [-0.25, -0.2) is 0 Å². The molecule has 0 saturated carbocycles. The molecule has 8 unspecified atom stereocenters. The van der Waals surface area contributed by atoms with E-state index in [9.17, 15) is 35.1 Å². The predicted molar refractivity (Wildman–Crippen MR) is 278 cm³/mol. The molecule has 1 saturated heterocycles. The van der Waals surface area contributed by atoms with Crippen LogP contribution in [0.1, 0.15) is 252 Å². The van der Waals surface area contributed by atoms with Crippen LogP contribution in [0.5, 0.6) is 0 Å². The molecule has 8 atom stereocenters. The van der Waals surface area contributed by atoms with Gasteiger partial charge in [0.25, 0.3) is 0 Å². The van der Waals surface area contributed by atoms with Crippen LogP contribution in [0.25, 0.3) is 0 Å². The Bertz CT molecular complexity index is 1240. The number of hydrogen-bond donors (Lipinski definition) is 6. The van der Waals surface area contributed by atoms with Gasteiger partial charge in [-0.05, 0) is 77.0 Å². The maximum Gasteiger partial charge on any atom is 0.306 e. The SMILES string of the molecule is CCCCCC/C=C\CCCCCCCCCC(=O)OC1C(OCC(NC(=O)C(O)CCCC/C=C\CCCCCCCCC)C(O)/C=C/CCCCCCCCCCC)OC(CO)C(O)C1O. The molecule has 0 spiro atoms. The molecule has 1 aliphatic heterocycles. The second-order valence-electron chi connectivity index (χ2n) is 19.7. The summed E-state index contributed by atoms with van der Waals surface area (Å²) in [6, 6.07) is -1.03. The van der Waals surface area contributed by atoms with E-state index >= 15 is 0 Å². The number of esters is 1. The highest BCUT2D eigenvalue weighted by Gasteiger charge is 2.47. The lowest BCUT2D eigenvalue weighted by Gasteiger charge is -2.41. The standard InChI is InChI=1S/C57H105NO10/c1-4-7-10-13-16-19-22-24-25-27-30-33-36-39-42-45-52(62)68-55-54(64)53(63)51(46-59)67-57(55)66-47-48(49(60)43-40-37-34-31-28-21-18-15-12-9-6-3)58-56(65)50(61)44-41-38-35-32-29-26-23-20-17-14-11-8-5-2/h19,22,29,32,40,43,48-51,53-55,57,59-61,63-64H,4-18,20-21,23-28,30-31,33-39,41-42,44-47H2,1-3H3,(H,58,65)/b22-19-,32-29-,43-40+. The van der Waals surface area contributed by atoms with Crippen molar-refractivity contribution in [1.82, 2.24) is 5.32 Å². The predicted octanol–water partition coefficient (Wildman–Crippen LogP) is 12.3. The molecule has 11 heteroatoms. The Morgan fingerprint density at radius 1 is 0.559 bits per heavy atom. The van der Waals surface area contributed by atoms with Crippen molar-refractivity contribution in [2.45, 2.75) is 301 Å². The second kappa shape index (κ2) is 46.0. The molecule has 1 rings (SSSR count). The summed E-state index contributed by atoms with van der Waals surface area (Å²) in [4.78, 5) is 26.4. The molecule has 0 aromatic rings. The van der Waals surface area contributed by atoms with Crippen molar-refractivity contribution in [3.63, 3.8) is 0 Å². The van der Waals surface area contributed by atoms with Gasteiger partial charge in [-0.15, -0.1) is 0 Å². The van der Waals surface area contributed by atoms with Crippen molar-refractivity contribution < 1.29 is 49.3 Å². The molecule has 11 nitrogen and oxygen atoms in total. The first-order chi connectivity index (χ1) is 33.2. The maximum absolute atomic E-state index is 13.3. The van der Waals surface area contributed by atoms with Crippen LogP contribution in [0.2, 0.25) is 0 Å². The number of hydrogen-bond acceptors (Lipinski definition) is 10. The van der Waals surface area contributed by atoms with E-state index in [0.717, 1.165) is 70.6 Å². The highest BCUT2D eigenvalue weighted by Crippen LogP contribution is 2.26. The third-order valence-electron chi connectivity index (χ3n) is 13.3. The van der Waals surface area contributed by atoms with Gasteiger partial charge >= 0.3 is 5.97 Å². The van der Waals surface area contributed by atoms with Crippen LogP contribution in [-0.2, 0) is 23.8 Å². The first-order valence-corrected chi connectivity index (χ1v) is 28.3. The number of rotatable bonds is 47. The highest BCUT2D eigenvalue weighted by molar-refractivity contribution is 5.80. The van der Waals surface area contributed by atoms with Gasteiger partial charge in [-0.1, -0.05) is 205 Å². The third-order valence-corrected chi connectivity index (χ3v) is 13.3. The summed E-state index contributed by atoms with van der Waals surface area (Å²) in [5, 5.41) is 56.7. The smallest absolute Gasteiger partial charge is 0.306 e. The van der Waals surface area contributed by atoms with Crippen molar-refractivity contribution in [2.75, 3.05) is 13.2 Å². The van der Waals surface area contributed by atoms with E-state index in [0.29, 0.717) is 12.8 Å². The van der Waals surface area contributed by atoms with Crippen molar-refractivity contribution in [2.24, 2.45) is 0 Å². The number of amides is 1. The van der Waals surface area contributed by atoms with Gasteiger partial charge in [-0.3, -0.25) is 9.59 Å². The molecule has 0 aromatic heterocycles. The van der Waals surface area contributed by atoms with Crippen molar-refractivity contribution in [3.05, 3.63) is 36.5 Å². The Balaban J connectivity index is 2.74. The van der Waals surface area contributed by atoms with E-state index in [2.05, 4.69) is 50.4 Å². The Morgan fingerprint density at radius 3 is 1.44 bits per heavy atom. The molecule has 0 radical (unpaired) electrons. The summed E-state index contributed by atoms with van der Waals surface area (Å²) >= 11 is 0. The zero-order chi connectivity index (χ0) is 49.7. The number of nitrogens with one attached hydrogen (secondary N) is 1. The van der Waals surface area contributed by atoms with Crippen LogP contribution in [0.4, 0.5) is 0 Å². The summed E-state index contributed by atoms with van der Waals surface area (Å²) in [6.07, 6.45) is 41.9. The van der Waals surface area contributed by atoms with Gasteiger partial charge in [0.2, 0.25) is 5.91 Å². The highest BCUT2D eigenvalue weighted by atomic mass is 16.7. The number of aliphatic hydroxyl groups is 5. The fourth-order valence-electron chi connectivity index (χ4n) is 8.70. The molecule has 0 bridgehead atoms. The van der Waals surface area contributed by atoms with Crippen molar-refractivity contribution in [3.8, 4) is 0 Å². The Labute approximate surface area is 415 Å². The number of carbonyl (C=O) groups excluding carboxylic acids is 2. The van der Waals surface area contributed by atoms with Gasteiger partial charge in [0.15, 0.2) is 12.4 Å². The van der Waals surface area contributed by atoms with E-state index in [1.165, 1.54) is 135 Å². The van der Waals surface area contributed by atoms with E-state index in [1.54, 1.807) is 6.08 Å². The summed E-state index contributed by atoms with van der Waals surface area (Å²) in [6.45, 7) is 5.74. The quantitative estimate of drug-likeness (QED) is 0.0196. The first-order valence-electron chi connectivity index (χ1n) is 28.3. The normalized spacial score (nSPS) is 20.1. The zero-order valence-corrected chi connectivity index (χ0v) is 43.7. The molecular weight excluding hydrogens is 859 g/mol. The number of carbonyl (C=O) groups is 2. The number of ether oxygens (including phenoxy) is 3. The molecule has 0 aliphatic carbocycles. The van der Waals surface area contributed by atoms with Crippen LogP contribution in [0.15, 0.2) is 36.5 Å². The van der Waals surface area contributed by atoms with Crippen LogP contribution in [0, 0.1) is 0 Å². The lowest BCUT2D eigenvalue weighted by Crippen LogP contribution is -2.61. The summed E-state index contributed by atoms with van der Waals surface area (Å²) in [5.74, 6) is -1.21. The van der Waals surface area contributed by atoms with Gasteiger partial charge in [-0.2, -0.15) is 0 Å². The van der Waals surface area contributed by atoms with E-state index in [-0.39, 0.29) is 19.4 Å². The lowest BCUT2D eigenvalue weighted by atomic mass is 9.99. The molecule has 1 aliphatic rings. The third kappa shape index (κ3) is 34.2. The Kier molecular flexibility index (Phi) is 43.2. The molecule has 1 heterocycles. The number of allylic oxidation sites excluding steroid dienone is 5. The van der Waals surface area contributed by atoms with Crippen LogP contribution in [-0.4, -0.2) is 99.6 Å². The lowest BCUT2D eigenvalue weighted by molar-refractivity contribution is -0.305. The molecular formula is C57H105NO10. The largest absolute Gasteiger partial charge is 0.454 e. The summed E-state index contributed by atoms with van der Waals surface area (Å²) < 4.78 is 17.5. The first kappa shape index (κ1) is 63.9. The van der Waals surface area contributed by atoms with Gasteiger partial charge in [0, 0.05) is 6.42 Å². The molecule has 1 fully saturated rings. The van der Waals surface area contributed by atoms with Crippen LogP contribution < -0.4 is 5.32 Å². The number of unbranched alkanes of at least 4 members (excludes halogenated alkanes) is 29. The summed E-state index contributed by atoms with van der Waals surface area (Å²) in [7, 11) is 0. The zero-order valence-electron chi connectivity index (χ0n) is 43.7. The van der Waals surface area contributed by atoms with Crippen LogP contribution >= 0.6 is 0 Å². The molecule has 6 N–H and O–H groups in total. The fourth-order valence-corrected chi connectivity index (χ4v) is 8.70. The Hall–Kier alpha value is -2.12. The minimum Gasteiger partial charge on any atom is -0.454 e. The fraction of sp³-hybridized carbons (Fsp3) is 0.860. The minimum absolute atomic E-state index is 0.118. The average molecular weight is 964 g/mol. The second-order valence-corrected chi connectivity index (χ2v) is 19.7. The summed E-state index contributed by atoms with van der Waals surface area (Å²) in [5.41, 5.74) is 0. The Morgan fingerprint density at radius 2 is 0.971 bits per heavy atom. The number of aliphatic hydroxyl groups excluding tert-OH is 5. The molecule has 68 heavy (non-hydrogen) atoms. The van der Waals surface area contributed by atoms with E-state index < -0.39 is 67.4 Å². The average Bonchev–Trinajstić information content (AvgIpc) is 3.33. The monoisotopic (exact) mass is 964 g/mol.